The molecule has 1 heterocycles. The highest BCUT2D eigenvalue weighted by atomic mass is 16.5. The number of nitrogens with one attached hydrogen (secondary N) is 1. The molecule has 4 nitrogen and oxygen atoms in total. The van der Waals surface area contributed by atoms with Crippen molar-refractivity contribution >= 4 is 5.82 Å². The van der Waals surface area contributed by atoms with Crippen LogP contribution in [-0.4, -0.2) is 22.9 Å². The fraction of sp³-hybridized carbons (Fsp3) is 0.400. The van der Waals surface area contributed by atoms with Crippen LogP contribution in [0.25, 0.3) is 0 Å². The number of benzene rings is 1. The molecule has 1 unspecified atom stereocenters. The molecule has 0 bridgehead atoms. The molecule has 0 saturated carbocycles. The first-order valence-corrected chi connectivity index (χ1v) is 6.56. The molecule has 0 aliphatic carbocycles. The fourth-order valence-electron chi connectivity index (χ4n) is 1.99. The zero-order valence-electron chi connectivity index (χ0n) is 11.8. The summed E-state index contributed by atoms with van der Waals surface area (Å²) in [6.45, 7) is 2.18. The Morgan fingerprint density at radius 1 is 1.26 bits per heavy atom. The van der Waals surface area contributed by atoms with E-state index in [0.29, 0.717) is 6.04 Å². The highest BCUT2D eigenvalue weighted by molar-refractivity contribution is 5.33. The number of nitrogens with zero attached hydrogens (tertiary/aromatic N) is 2. The van der Waals surface area contributed by atoms with Crippen molar-refractivity contribution in [2.45, 2.75) is 25.8 Å². The molecule has 2 rings (SSSR count). The van der Waals surface area contributed by atoms with Crippen LogP contribution in [0, 0.1) is 0 Å². The van der Waals surface area contributed by atoms with Crippen molar-refractivity contribution in [3.05, 3.63) is 42.1 Å². The van der Waals surface area contributed by atoms with Gasteiger partial charge in [0.05, 0.1) is 7.11 Å². The number of hydrogen-bond acceptors (Lipinski definition) is 3. The Labute approximate surface area is 114 Å². The summed E-state index contributed by atoms with van der Waals surface area (Å²) in [5.74, 6) is 1.84. The standard InChI is InChI=1S/C15H21N3O/c1-12(16-15-10-11-18(2)17-15)4-5-13-6-8-14(19-3)9-7-13/h6-12H,4-5H2,1-3H3,(H,16,17). The zero-order chi connectivity index (χ0) is 13.7. The molecule has 0 aliphatic rings. The SMILES string of the molecule is COc1ccc(CCC(C)Nc2ccn(C)n2)cc1. The summed E-state index contributed by atoms with van der Waals surface area (Å²) in [4.78, 5) is 0. The molecule has 4 heteroatoms. The Balaban J connectivity index is 1.80. The van der Waals surface area contributed by atoms with Gasteiger partial charge in [-0.3, -0.25) is 4.68 Å². The van der Waals surface area contributed by atoms with Gasteiger partial charge in [0.2, 0.25) is 0 Å². The lowest BCUT2D eigenvalue weighted by molar-refractivity contribution is 0.414. The van der Waals surface area contributed by atoms with Crippen molar-refractivity contribution in [1.29, 1.82) is 0 Å². The van der Waals surface area contributed by atoms with E-state index in [0.717, 1.165) is 24.4 Å². The van der Waals surface area contributed by atoms with Crippen molar-refractivity contribution in [2.75, 3.05) is 12.4 Å². The Kier molecular flexibility index (Phi) is 4.44. The summed E-state index contributed by atoms with van der Waals surface area (Å²) in [6, 6.07) is 10.6. The largest absolute Gasteiger partial charge is 0.497 e. The molecule has 0 saturated heterocycles. The van der Waals surface area contributed by atoms with Crippen molar-refractivity contribution in [3.8, 4) is 5.75 Å². The topological polar surface area (TPSA) is 39.1 Å². The third-order valence-electron chi connectivity index (χ3n) is 3.13. The third-order valence-corrected chi connectivity index (χ3v) is 3.13. The van der Waals surface area contributed by atoms with Crippen LogP contribution >= 0.6 is 0 Å². The van der Waals surface area contributed by atoms with Gasteiger partial charge in [0.25, 0.3) is 0 Å². The van der Waals surface area contributed by atoms with Gasteiger partial charge in [0.1, 0.15) is 11.6 Å². The maximum atomic E-state index is 5.15. The minimum absolute atomic E-state index is 0.400. The molecule has 19 heavy (non-hydrogen) atoms. The Morgan fingerprint density at radius 3 is 2.58 bits per heavy atom. The normalized spacial score (nSPS) is 12.2. The van der Waals surface area contributed by atoms with Gasteiger partial charge in [0.15, 0.2) is 0 Å². The first kappa shape index (κ1) is 13.5. The summed E-state index contributed by atoms with van der Waals surface area (Å²) in [7, 11) is 3.61. The molecular formula is C15H21N3O. The molecule has 1 aromatic heterocycles. The van der Waals surface area contributed by atoms with E-state index < -0.39 is 0 Å². The van der Waals surface area contributed by atoms with Crippen molar-refractivity contribution in [1.82, 2.24) is 9.78 Å². The van der Waals surface area contributed by atoms with Gasteiger partial charge in [-0.1, -0.05) is 12.1 Å². The maximum Gasteiger partial charge on any atom is 0.148 e. The van der Waals surface area contributed by atoms with Gasteiger partial charge in [-0.15, -0.1) is 0 Å². The second-order valence-electron chi connectivity index (χ2n) is 4.81. The zero-order valence-corrected chi connectivity index (χ0v) is 11.8. The van der Waals surface area contributed by atoms with E-state index >= 15 is 0 Å². The van der Waals surface area contributed by atoms with Gasteiger partial charge in [-0.25, -0.2) is 0 Å². The predicted molar refractivity (Wildman–Crippen MR) is 77.6 cm³/mol. The first-order chi connectivity index (χ1) is 9.17. The summed E-state index contributed by atoms with van der Waals surface area (Å²) < 4.78 is 6.96. The minimum Gasteiger partial charge on any atom is -0.497 e. The van der Waals surface area contributed by atoms with Crippen LogP contribution in [0.15, 0.2) is 36.5 Å². The molecule has 0 aliphatic heterocycles. The molecule has 0 fully saturated rings. The number of aromatic nitrogens is 2. The number of rotatable bonds is 6. The van der Waals surface area contributed by atoms with E-state index in [2.05, 4.69) is 29.5 Å². The van der Waals surface area contributed by atoms with Crippen LogP contribution in [0.2, 0.25) is 0 Å². The quantitative estimate of drug-likeness (QED) is 0.867. The molecular weight excluding hydrogens is 238 g/mol. The van der Waals surface area contributed by atoms with Crippen LogP contribution < -0.4 is 10.1 Å². The lowest BCUT2D eigenvalue weighted by Gasteiger charge is -2.13. The van der Waals surface area contributed by atoms with E-state index in [1.807, 2.05) is 31.4 Å². The van der Waals surface area contributed by atoms with Gasteiger partial charge in [-0.2, -0.15) is 5.10 Å². The summed E-state index contributed by atoms with van der Waals surface area (Å²) >= 11 is 0. The second kappa shape index (κ2) is 6.27. The molecule has 0 amide bonds. The monoisotopic (exact) mass is 259 g/mol. The number of aryl methyl sites for hydroxylation is 2. The number of anilines is 1. The van der Waals surface area contributed by atoms with E-state index in [1.54, 1.807) is 11.8 Å². The van der Waals surface area contributed by atoms with E-state index in [4.69, 9.17) is 4.74 Å². The van der Waals surface area contributed by atoms with E-state index in [1.165, 1.54) is 5.56 Å². The molecule has 1 aromatic carbocycles. The van der Waals surface area contributed by atoms with Crippen LogP contribution in [0.3, 0.4) is 0 Å². The Hall–Kier alpha value is -1.97. The lowest BCUT2D eigenvalue weighted by Crippen LogP contribution is -2.16. The second-order valence-corrected chi connectivity index (χ2v) is 4.81. The minimum atomic E-state index is 0.400. The summed E-state index contributed by atoms with van der Waals surface area (Å²) in [5, 5.41) is 7.72. The van der Waals surface area contributed by atoms with Crippen molar-refractivity contribution in [3.63, 3.8) is 0 Å². The highest BCUT2D eigenvalue weighted by Crippen LogP contribution is 2.14. The molecule has 2 aromatic rings. The number of methoxy groups -OCH3 is 1. The smallest absolute Gasteiger partial charge is 0.148 e. The summed E-state index contributed by atoms with van der Waals surface area (Å²) in [6.07, 6.45) is 4.06. The number of hydrogen-bond donors (Lipinski definition) is 1. The Bertz CT molecular complexity index is 504. The average Bonchev–Trinajstić information content (AvgIpc) is 2.82. The van der Waals surface area contributed by atoms with Gasteiger partial charge >= 0.3 is 0 Å². The maximum absolute atomic E-state index is 5.15. The Morgan fingerprint density at radius 2 is 2.00 bits per heavy atom. The average molecular weight is 259 g/mol. The van der Waals surface area contributed by atoms with Gasteiger partial charge in [-0.05, 0) is 37.5 Å². The van der Waals surface area contributed by atoms with Crippen LogP contribution in [-0.2, 0) is 13.5 Å². The third kappa shape index (κ3) is 4.02. The van der Waals surface area contributed by atoms with Gasteiger partial charge in [0, 0.05) is 25.4 Å². The first-order valence-electron chi connectivity index (χ1n) is 6.56. The molecule has 102 valence electrons. The lowest BCUT2D eigenvalue weighted by atomic mass is 10.1. The molecule has 0 spiro atoms. The van der Waals surface area contributed by atoms with E-state index in [-0.39, 0.29) is 0 Å². The fourth-order valence-corrected chi connectivity index (χ4v) is 1.99. The highest BCUT2D eigenvalue weighted by Gasteiger charge is 2.04. The predicted octanol–water partition coefficient (Wildman–Crippen LogP) is 2.86. The van der Waals surface area contributed by atoms with Gasteiger partial charge < -0.3 is 10.1 Å². The van der Waals surface area contributed by atoms with Crippen LogP contribution in [0.1, 0.15) is 18.9 Å². The van der Waals surface area contributed by atoms with Crippen molar-refractivity contribution < 1.29 is 4.74 Å². The van der Waals surface area contributed by atoms with Crippen LogP contribution in [0.4, 0.5) is 5.82 Å². The summed E-state index contributed by atoms with van der Waals surface area (Å²) in [5.41, 5.74) is 1.33. The molecule has 1 atom stereocenters. The number of ether oxygens (including phenoxy) is 1. The molecule has 1 N–H and O–H groups in total. The van der Waals surface area contributed by atoms with Crippen molar-refractivity contribution in [2.24, 2.45) is 7.05 Å². The van der Waals surface area contributed by atoms with Crippen LogP contribution in [0.5, 0.6) is 5.75 Å². The molecule has 0 radical (unpaired) electrons. The van der Waals surface area contributed by atoms with E-state index in [9.17, 15) is 0 Å².